The van der Waals surface area contributed by atoms with Crippen LogP contribution >= 0.6 is 11.6 Å². The third-order valence-corrected chi connectivity index (χ3v) is 3.39. The van der Waals surface area contributed by atoms with Crippen molar-refractivity contribution in [3.05, 3.63) is 47.4 Å². The van der Waals surface area contributed by atoms with E-state index >= 15 is 0 Å². The Balaban J connectivity index is 1.76. The van der Waals surface area contributed by atoms with Gasteiger partial charge in [-0.05, 0) is 12.0 Å². The molecule has 0 radical (unpaired) electrons. The first kappa shape index (κ1) is 12.9. The monoisotopic (exact) mass is 287 g/mol. The molecule has 0 saturated carbocycles. The molecular weight excluding hydrogens is 274 g/mol. The van der Waals surface area contributed by atoms with Crippen LogP contribution in [0.4, 0.5) is 5.82 Å². The minimum absolute atomic E-state index is 0.429. The molecule has 0 aliphatic heterocycles. The number of fused-ring (bicyclic) bond motifs is 1. The van der Waals surface area contributed by atoms with Crippen LogP contribution in [0, 0.1) is 0 Å². The molecule has 0 unspecified atom stereocenters. The van der Waals surface area contributed by atoms with Gasteiger partial charge in [0.25, 0.3) is 0 Å². The molecule has 3 rings (SSSR count). The van der Waals surface area contributed by atoms with Crippen LogP contribution in [-0.4, -0.2) is 26.5 Å². The van der Waals surface area contributed by atoms with Crippen LogP contribution in [0.2, 0.25) is 5.15 Å². The fourth-order valence-electron chi connectivity index (χ4n) is 2.13. The molecule has 0 aliphatic carbocycles. The Bertz CT molecular complexity index is 737. The van der Waals surface area contributed by atoms with Gasteiger partial charge in [-0.3, -0.25) is 4.68 Å². The van der Waals surface area contributed by atoms with Crippen LogP contribution in [0.15, 0.2) is 36.7 Å². The van der Waals surface area contributed by atoms with Crippen LogP contribution in [0.25, 0.3) is 10.8 Å². The first-order valence-electron chi connectivity index (χ1n) is 6.36. The molecule has 102 valence electrons. The highest BCUT2D eigenvalue weighted by Crippen LogP contribution is 2.25. The zero-order chi connectivity index (χ0) is 13.9. The van der Waals surface area contributed by atoms with E-state index < -0.39 is 0 Å². The van der Waals surface area contributed by atoms with Crippen molar-refractivity contribution in [1.29, 1.82) is 0 Å². The van der Waals surface area contributed by atoms with E-state index in [1.807, 2.05) is 43.7 Å². The smallest absolute Gasteiger partial charge is 0.159 e. The van der Waals surface area contributed by atoms with E-state index in [2.05, 4.69) is 20.6 Å². The van der Waals surface area contributed by atoms with Gasteiger partial charge in [-0.1, -0.05) is 35.9 Å². The molecule has 0 fully saturated rings. The predicted molar refractivity (Wildman–Crippen MR) is 79.9 cm³/mol. The van der Waals surface area contributed by atoms with Crippen LogP contribution in [0.5, 0.6) is 0 Å². The maximum atomic E-state index is 6.05. The Morgan fingerprint density at radius 2 is 2.00 bits per heavy atom. The van der Waals surface area contributed by atoms with Gasteiger partial charge in [0.05, 0.1) is 6.20 Å². The van der Waals surface area contributed by atoms with Crippen LogP contribution < -0.4 is 5.32 Å². The second-order valence-corrected chi connectivity index (χ2v) is 4.94. The molecule has 1 N–H and O–H groups in total. The molecule has 0 saturated heterocycles. The van der Waals surface area contributed by atoms with Gasteiger partial charge in [-0.2, -0.15) is 5.10 Å². The average molecular weight is 288 g/mol. The van der Waals surface area contributed by atoms with E-state index in [0.717, 1.165) is 29.6 Å². The molecule has 0 bridgehead atoms. The lowest BCUT2D eigenvalue weighted by Crippen LogP contribution is -2.07. The van der Waals surface area contributed by atoms with Crippen molar-refractivity contribution >= 4 is 28.2 Å². The number of hydrogen-bond donors (Lipinski definition) is 1. The summed E-state index contributed by atoms with van der Waals surface area (Å²) in [4.78, 5) is 0. The molecule has 2 heterocycles. The standard InChI is InChI=1S/C14H14ClN5/c1-20-9-10(8-17-20)6-7-16-14-12-5-3-2-4-11(12)13(15)18-19-14/h2-5,8-9H,6-7H2,1H3,(H,16,19). The summed E-state index contributed by atoms with van der Waals surface area (Å²) < 4.78 is 1.80. The summed E-state index contributed by atoms with van der Waals surface area (Å²) in [6.07, 6.45) is 4.76. The number of aromatic nitrogens is 4. The first-order chi connectivity index (χ1) is 9.74. The van der Waals surface area contributed by atoms with Crippen molar-refractivity contribution in [2.24, 2.45) is 7.05 Å². The maximum Gasteiger partial charge on any atom is 0.159 e. The van der Waals surface area contributed by atoms with Crippen molar-refractivity contribution in [1.82, 2.24) is 20.0 Å². The number of benzene rings is 1. The van der Waals surface area contributed by atoms with E-state index in [0.29, 0.717) is 5.15 Å². The lowest BCUT2D eigenvalue weighted by Gasteiger charge is -2.08. The number of aryl methyl sites for hydroxylation is 1. The Hall–Kier alpha value is -2.14. The second kappa shape index (κ2) is 5.46. The van der Waals surface area contributed by atoms with Gasteiger partial charge in [-0.25, -0.2) is 0 Å². The summed E-state index contributed by atoms with van der Waals surface area (Å²) in [7, 11) is 1.91. The zero-order valence-corrected chi connectivity index (χ0v) is 11.8. The van der Waals surface area contributed by atoms with Gasteiger partial charge in [0.15, 0.2) is 11.0 Å². The SMILES string of the molecule is Cn1cc(CCNc2nnc(Cl)c3ccccc23)cn1. The van der Waals surface area contributed by atoms with E-state index in [1.165, 1.54) is 5.56 Å². The quantitative estimate of drug-likeness (QED) is 0.801. The number of anilines is 1. The van der Waals surface area contributed by atoms with E-state index in [9.17, 15) is 0 Å². The highest BCUT2D eigenvalue weighted by atomic mass is 35.5. The largest absolute Gasteiger partial charge is 0.368 e. The molecule has 20 heavy (non-hydrogen) atoms. The fraction of sp³-hybridized carbons (Fsp3) is 0.214. The van der Waals surface area contributed by atoms with Crippen LogP contribution in [-0.2, 0) is 13.5 Å². The van der Waals surface area contributed by atoms with Crippen molar-refractivity contribution in [2.75, 3.05) is 11.9 Å². The molecule has 5 nitrogen and oxygen atoms in total. The Morgan fingerprint density at radius 1 is 1.20 bits per heavy atom. The van der Waals surface area contributed by atoms with E-state index in [1.54, 1.807) is 4.68 Å². The van der Waals surface area contributed by atoms with Crippen molar-refractivity contribution in [3.63, 3.8) is 0 Å². The van der Waals surface area contributed by atoms with Gasteiger partial charge in [0, 0.05) is 30.6 Å². The van der Waals surface area contributed by atoms with Crippen LogP contribution in [0.3, 0.4) is 0 Å². The van der Waals surface area contributed by atoms with Crippen molar-refractivity contribution in [3.8, 4) is 0 Å². The van der Waals surface area contributed by atoms with Crippen LogP contribution in [0.1, 0.15) is 5.56 Å². The third-order valence-electron chi connectivity index (χ3n) is 3.11. The van der Waals surface area contributed by atoms with E-state index in [-0.39, 0.29) is 0 Å². The maximum absolute atomic E-state index is 6.05. The highest BCUT2D eigenvalue weighted by molar-refractivity contribution is 6.34. The minimum atomic E-state index is 0.429. The number of nitrogens with zero attached hydrogens (tertiary/aromatic N) is 4. The lowest BCUT2D eigenvalue weighted by atomic mass is 10.2. The minimum Gasteiger partial charge on any atom is -0.368 e. The van der Waals surface area contributed by atoms with Gasteiger partial charge in [0.2, 0.25) is 0 Å². The predicted octanol–water partition coefficient (Wildman–Crippen LogP) is 2.67. The molecule has 1 aromatic carbocycles. The molecule has 0 atom stereocenters. The number of rotatable bonds is 4. The van der Waals surface area contributed by atoms with E-state index in [4.69, 9.17) is 11.6 Å². The van der Waals surface area contributed by atoms with Gasteiger partial charge in [-0.15, -0.1) is 10.2 Å². The summed E-state index contributed by atoms with van der Waals surface area (Å²) in [5, 5.41) is 17.9. The highest BCUT2D eigenvalue weighted by Gasteiger charge is 2.06. The Labute approximate surface area is 121 Å². The molecule has 0 amide bonds. The van der Waals surface area contributed by atoms with Crippen molar-refractivity contribution in [2.45, 2.75) is 6.42 Å². The lowest BCUT2D eigenvalue weighted by molar-refractivity contribution is 0.767. The molecule has 3 aromatic rings. The van der Waals surface area contributed by atoms with Crippen molar-refractivity contribution < 1.29 is 0 Å². The summed E-state index contributed by atoms with van der Waals surface area (Å²) >= 11 is 6.05. The molecular formula is C14H14ClN5. The summed E-state index contributed by atoms with van der Waals surface area (Å²) in [5.41, 5.74) is 1.19. The first-order valence-corrected chi connectivity index (χ1v) is 6.74. The average Bonchev–Trinajstić information content (AvgIpc) is 2.87. The van der Waals surface area contributed by atoms with Gasteiger partial charge in [0.1, 0.15) is 0 Å². The number of nitrogens with one attached hydrogen (secondary N) is 1. The Kier molecular flexibility index (Phi) is 3.52. The number of hydrogen-bond acceptors (Lipinski definition) is 4. The molecule has 0 spiro atoms. The van der Waals surface area contributed by atoms with Gasteiger partial charge < -0.3 is 5.32 Å². The molecule has 0 aliphatic rings. The zero-order valence-electron chi connectivity index (χ0n) is 11.0. The topological polar surface area (TPSA) is 55.6 Å². The normalized spacial score (nSPS) is 10.9. The third kappa shape index (κ3) is 2.58. The van der Waals surface area contributed by atoms with Gasteiger partial charge >= 0.3 is 0 Å². The molecule has 6 heteroatoms. The Morgan fingerprint density at radius 3 is 2.75 bits per heavy atom. The summed E-state index contributed by atoms with van der Waals surface area (Å²) in [5.74, 6) is 0.758. The second-order valence-electron chi connectivity index (χ2n) is 4.58. The summed E-state index contributed by atoms with van der Waals surface area (Å²) in [6.45, 7) is 0.770. The molecule has 2 aromatic heterocycles. The fourth-order valence-corrected chi connectivity index (χ4v) is 2.33. The summed E-state index contributed by atoms with van der Waals surface area (Å²) in [6, 6.07) is 7.84. The number of halogens is 1.